The molecule has 2 aliphatic heterocycles. The van der Waals surface area contributed by atoms with Gasteiger partial charge in [0.2, 0.25) is 7.28 Å². The molecule has 1 aliphatic carbocycles. The lowest BCUT2D eigenvalue weighted by atomic mass is 9.57. The van der Waals surface area contributed by atoms with Crippen LogP contribution in [0.1, 0.15) is 82.2 Å². The number of rotatable bonds is 2. The van der Waals surface area contributed by atoms with E-state index in [1.165, 1.54) is 102 Å². The summed E-state index contributed by atoms with van der Waals surface area (Å²) >= 11 is 0. The van der Waals surface area contributed by atoms with Crippen LogP contribution in [0.4, 0.5) is 28.6 Å². The van der Waals surface area contributed by atoms with Gasteiger partial charge >= 0.3 is 0 Å². The zero-order chi connectivity index (χ0) is 35.7. The normalized spacial score (nSPS) is 17.3. The lowest BCUT2D eigenvalue weighted by molar-refractivity contribution is 0.332. The third kappa shape index (κ3) is 4.33. The highest BCUT2D eigenvalue weighted by Gasteiger charge is 2.41. The molecule has 1 aromatic heterocycles. The van der Waals surface area contributed by atoms with Crippen molar-refractivity contribution in [2.75, 3.05) is 10.2 Å². The van der Waals surface area contributed by atoms with Gasteiger partial charge in [-0.2, -0.15) is 0 Å². The maximum atomic E-state index is 6.97. The maximum Gasteiger partial charge on any atom is 0.203 e. The number of para-hydroxylation sites is 3. The fraction of sp³-hybridized carbons (Fsp3) is 0.250. The third-order valence-corrected chi connectivity index (χ3v) is 12.9. The van der Waals surface area contributed by atoms with E-state index in [-0.39, 0.29) is 16.2 Å². The van der Waals surface area contributed by atoms with Crippen LogP contribution in [0, 0.1) is 6.92 Å². The Balaban J connectivity index is 1.30. The van der Waals surface area contributed by atoms with E-state index >= 15 is 0 Å². The summed E-state index contributed by atoms with van der Waals surface area (Å²) in [6.45, 7) is 16.7. The Labute approximate surface area is 307 Å². The summed E-state index contributed by atoms with van der Waals surface area (Å²) in [6, 6.07) is 40.6. The van der Waals surface area contributed by atoms with E-state index in [4.69, 9.17) is 4.42 Å². The Bertz CT molecular complexity index is 2640. The number of benzene rings is 6. The van der Waals surface area contributed by atoms with E-state index in [9.17, 15) is 0 Å². The molecular formula is C48H45BN2O. The van der Waals surface area contributed by atoms with Gasteiger partial charge in [-0.1, -0.05) is 126 Å². The van der Waals surface area contributed by atoms with Gasteiger partial charge in [-0.3, -0.25) is 4.90 Å². The number of hydrogen-bond donors (Lipinski definition) is 1. The molecule has 0 spiro atoms. The Morgan fingerprint density at radius 2 is 1.31 bits per heavy atom. The molecule has 3 heterocycles. The number of furan rings is 1. The van der Waals surface area contributed by atoms with Gasteiger partial charge in [0.1, 0.15) is 5.58 Å². The number of nitrogens with zero attached hydrogens (tertiary/aromatic N) is 1. The first-order valence-corrected chi connectivity index (χ1v) is 19.0. The van der Waals surface area contributed by atoms with Gasteiger partial charge in [0, 0.05) is 27.4 Å². The Morgan fingerprint density at radius 3 is 2.12 bits per heavy atom. The fourth-order valence-electron chi connectivity index (χ4n) is 9.79. The smallest absolute Gasteiger partial charge is 0.203 e. The summed E-state index contributed by atoms with van der Waals surface area (Å²) < 4.78 is 6.97. The predicted octanol–water partition coefficient (Wildman–Crippen LogP) is 11.5. The van der Waals surface area contributed by atoms with Crippen LogP contribution in [0.25, 0.3) is 32.9 Å². The van der Waals surface area contributed by atoms with Crippen LogP contribution in [0.15, 0.2) is 114 Å². The minimum absolute atomic E-state index is 0.0738. The SMILES string of the molecule is Cc1cc2c(cc1N1c3oc4ccccc4c3Bc3c(-c4cccc5c4Nc4ccccc4C5(C)C)cc4ccccc4c31)C(C)(C)CCC2(C)C. The molecule has 0 saturated heterocycles. The molecular weight excluding hydrogens is 631 g/mol. The molecule has 256 valence electrons. The molecule has 0 unspecified atom stereocenters. The van der Waals surface area contributed by atoms with Crippen molar-refractivity contribution in [3.05, 3.63) is 137 Å². The van der Waals surface area contributed by atoms with Crippen molar-refractivity contribution in [3.8, 4) is 11.1 Å². The van der Waals surface area contributed by atoms with Gasteiger partial charge in [0.25, 0.3) is 0 Å². The zero-order valence-electron chi connectivity index (χ0n) is 31.4. The lowest BCUT2D eigenvalue weighted by Gasteiger charge is -2.43. The van der Waals surface area contributed by atoms with Crippen LogP contribution in [-0.2, 0) is 16.2 Å². The van der Waals surface area contributed by atoms with Crippen LogP contribution in [0.3, 0.4) is 0 Å². The van der Waals surface area contributed by atoms with Crippen molar-refractivity contribution in [3.63, 3.8) is 0 Å². The molecule has 1 N–H and O–H groups in total. The summed E-state index contributed by atoms with van der Waals surface area (Å²) in [5, 5.41) is 7.59. The highest BCUT2D eigenvalue weighted by atomic mass is 16.4. The minimum atomic E-state index is -0.148. The number of aryl methyl sites for hydroxylation is 1. The second-order valence-corrected chi connectivity index (χ2v) is 17.3. The molecule has 0 radical (unpaired) electrons. The lowest BCUT2D eigenvalue weighted by Crippen LogP contribution is -2.41. The first kappa shape index (κ1) is 31.5. The zero-order valence-corrected chi connectivity index (χ0v) is 31.4. The maximum absolute atomic E-state index is 6.97. The Kier molecular flexibility index (Phi) is 6.46. The summed E-state index contributed by atoms with van der Waals surface area (Å²) in [4.78, 5) is 2.50. The van der Waals surface area contributed by atoms with Gasteiger partial charge in [0.05, 0.1) is 17.1 Å². The first-order valence-electron chi connectivity index (χ1n) is 19.0. The highest BCUT2D eigenvalue weighted by Crippen LogP contribution is 2.53. The standard InChI is InChI=1S/C48H45BN2O/c1-28-25-36-37(47(4,5)24-23-46(36,2)3)27-39(28)51-44-30-16-9-8-15-29(30)26-33(41(44)49-42-32-17-10-13-22-40(32)52-45(42)51)31-18-14-20-35-43(31)50-38-21-12-11-19-34(38)48(35,6)7/h8-22,25-27,49-50H,23-24H2,1-7H3. The van der Waals surface area contributed by atoms with E-state index in [2.05, 4.69) is 168 Å². The van der Waals surface area contributed by atoms with Crippen molar-refractivity contribution >= 4 is 68.6 Å². The fourth-order valence-corrected chi connectivity index (χ4v) is 9.79. The molecule has 0 fully saturated rings. The number of anilines is 5. The summed E-state index contributed by atoms with van der Waals surface area (Å²) in [6.07, 6.45) is 2.36. The van der Waals surface area contributed by atoms with Crippen LogP contribution in [-0.4, -0.2) is 7.28 Å². The van der Waals surface area contributed by atoms with Crippen LogP contribution in [0.2, 0.25) is 0 Å². The second kappa shape index (κ2) is 10.7. The van der Waals surface area contributed by atoms with Gasteiger partial charge in [0.15, 0.2) is 5.88 Å². The quantitative estimate of drug-likeness (QED) is 0.185. The average Bonchev–Trinajstić information content (AvgIpc) is 3.51. The average molecular weight is 677 g/mol. The number of fused-ring (bicyclic) bond motifs is 9. The monoisotopic (exact) mass is 676 g/mol. The molecule has 4 heteroatoms. The van der Waals surface area contributed by atoms with E-state index in [0.29, 0.717) is 0 Å². The van der Waals surface area contributed by atoms with Gasteiger partial charge in [-0.25, -0.2) is 0 Å². The molecule has 0 amide bonds. The van der Waals surface area contributed by atoms with Crippen molar-refractivity contribution in [1.29, 1.82) is 0 Å². The summed E-state index contributed by atoms with van der Waals surface area (Å²) in [5.74, 6) is 0.940. The predicted molar refractivity (Wildman–Crippen MR) is 222 cm³/mol. The topological polar surface area (TPSA) is 28.4 Å². The summed E-state index contributed by atoms with van der Waals surface area (Å²) in [5.41, 5.74) is 17.8. The van der Waals surface area contributed by atoms with Crippen molar-refractivity contribution in [1.82, 2.24) is 0 Å². The molecule has 3 nitrogen and oxygen atoms in total. The van der Waals surface area contributed by atoms with Crippen LogP contribution >= 0.6 is 0 Å². The van der Waals surface area contributed by atoms with Gasteiger partial charge < -0.3 is 9.73 Å². The van der Waals surface area contributed by atoms with Crippen molar-refractivity contribution in [2.45, 2.75) is 77.6 Å². The number of nitrogens with one attached hydrogen (secondary N) is 1. The Hall–Kier alpha value is -5.22. The second-order valence-electron chi connectivity index (χ2n) is 17.3. The molecule has 0 saturated carbocycles. The van der Waals surface area contributed by atoms with Gasteiger partial charge in [-0.05, 0) is 105 Å². The number of hydrogen-bond acceptors (Lipinski definition) is 3. The van der Waals surface area contributed by atoms with E-state index in [0.717, 1.165) is 18.7 Å². The Morgan fingerprint density at radius 1 is 0.635 bits per heavy atom. The van der Waals surface area contributed by atoms with Crippen molar-refractivity contribution < 1.29 is 4.42 Å². The first-order chi connectivity index (χ1) is 24.9. The largest absolute Gasteiger partial charge is 0.440 e. The molecule has 52 heavy (non-hydrogen) atoms. The van der Waals surface area contributed by atoms with Crippen LogP contribution < -0.4 is 21.1 Å². The molecule has 6 aromatic carbocycles. The van der Waals surface area contributed by atoms with Crippen LogP contribution in [0.5, 0.6) is 0 Å². The molecule has 0 atom stereocenters. The highest BCUT2D eigenvalue weighted by molar-refractivity contribution is 6.76. The third-order valence-electron chi connectivity index (χ3n) is 12.9. The molecule has 0 bridgehead atoms. The molecule has 10 rings (SSSR count). The minimum Gasteiger partial charge on any atom is -0.440 e. The summed E-state index contributed by atoms with van der Waals surface area (Å²) in [7, 11) is 0.782. The molecule has 3 aliphatic rings. The van der Waals surface area contributed by atoms with E-state index < -0.39 is 0 Å². The van der Waals surface area contributed by atoms with Gasteiger partial charge in [-0.15, -0.1) is 0 Å². The van der Waals surface area contributed by atoms with Crippen molar-refractivity contribution in [2.24, 2.45) is 0 Å². The molecule has 7 aromatic rings. The van der Waals surface area contributed by atoms with E-state index in [1.54, 1.807) is 0 Å². The van der Waals surface area contributed by atoms with E-state index in [1.807, 2.05) is 0 Å².